The molecule has 2 unspecified atom stereocenters. The van der Waals surface area contributed by atoms with Crippen LogP contribution in [0.15, 0.2) is 48.7 Å². The highest BCUT2D eigenvalue weighted by atomic mass is 16.5. The van der Waals surface area contributed by atoms with E-state index in [9.17, 15) is 14.7 Å². The van der Waals surface area contributed by atoms with Crippen LogP contribution in [0.3, 0.4) is 0 Å². The normalized spacial score (nSPS) is 21.7. The van der Waals surface area contributed by atoms with E-state index in [1.807, 2.05) is 43.1 Å². The molecule has 2 bridgehead atoms. The van der Waals surface area contributed by atoms with E-state index in [-0.39, 0.29) is 36.5 Å². The highest BCUT2D eigenvalue weighted by Crippen LogP contribution is 2.32. The van der Waals surface area contributed by atoms with Crippen LogP contribution in [-0.4, -0.2) is 82.2 Å². The van der Waals surface area contributed by atoms with E-state index in [4.69, 9.17) is 14.2 Å². The van der Waals surface area contributed by atoms with E-state index >= 15 is 0 Å². The van der Waals surface area contributed by atoms with Crippen molar-refractivity contribution in [3.8, 4) is 11.5 Å². The Kier molecular flexibility index (Phi) is 8.64. The first-order valence-corrected chi connectivity index (χ1v) is 15.0. The van der Waals surface area contributed by atoms with Gasteiger partial charge in [-0.2, -0.15) is 5.10 Å². The number of ether oxygens (including phenoxy) is 3. The minimum Gasteiger partial charge on any atom is -0.493 e. The summed E-state index contributed by atoms with van der Waals surface area (Å²) in [4.78, 5) is 28.5. The number of carbonyl (C=O) groups excluding carboxylic acids is 2. The SMILES string of the molecule is CCOc1cc(C(=O)N2C3CCC2COC3)ccc1C(=O)NC[C@@H](O)[C@@H]1Cc2ccc(OCc3ccnn3C)cc2CN1. The molecule has 3 aliphatic heterocycles. The number of carbonyl (C=O) groups is 2. The highest BCUT2D eigenvalue weighted by molar-refractivity contribution is 6.00. The van der Waals surface area contributed by atoms with Crippen LogP contribution in [0.25, 0.3) is 0 Å². The van der Waals surface area contributed by atoms with Gasteiger partial charge in [-0.1, -0.05) is 6.07 Å². The number of benzene rings is 2. The van der Waals surface area contributed by atoms with Gasteiger partial charge in [-0.05, 0) is 73.7 Å². The number of hydrogen-bond acceptors (Lipinski definition) is 8. The van der Waals surface area contributed by atoms with Crippen LogP contribution < -0.4 is 20.1 Å². The molecule has 228 valence electrons. The molecule has 1 aromatic heterocycles. The van der Waals surface area contributed by atoms with E-state index in [2.05, 4.69) is 15.7 Å². The molecular formula is C32H39N5O6. The largest absolute Gasteiger partial charge is 0.493 e. The second-order valence-electron chi connectivity index (χ2n) is 11.4. The van der Waals surface area contributed by atoms with Crippen LogP contribution >= 0.6 is 0 Å². The van der Waals surface area contributed by atoms with Gasteiger partial charge in [-0.15, -0.1) is 0 Å². The Labute approximate surface area is 251 Å². The van der Waals surface area contributed by atoms with Gasteiger partial charge >= 0.3 is 0 Å². The number of fused-ring (bicyclic) bond motifs is 3. The molecule has 3 aliphatic rings. The van der Waals surface area contributed by atoms with Crippen molar-refractivity contribution in [3.05, 3.63) is 76.6 Å². The van der Waals surface area contributed by atoms with Crippen molar-refractivity contribution in [3.63, 3.8) is 0 Å². The van der Waals surface area contributed by atoms with Gasteiger partial charge < -0.3 is 34.9 Å². The fourth-order valence-electron chi connectivity index (χ4n) is 6.24. The average Bonchev–Trinajstić information content (AvgIpc) is 3.55. The third-order valence-electron chi connectivity index (χ3n) is 8.67. The van der Waals surface area contributed by atoms with E-state index in [1.54, 1.807) is 29.1 Å². The summed E-state index contributed by atoms with van der Waals surface area (Å²) in [5.41, 5.74) is 4.06. The molecule has 11 nitrogen and oxygen atoms in total. The summed E-state index contributed by atoms with van der Waals surface area (Å²) in [5.74, 6) is 0.712. The summed E-state index contributed by atoms with van der Waals surface area (Å²) >= 11 is 0. The maximum absolute atomic E-state index is 13.4. The number of aliphatic hydroxyl groups excluding tert-OH is 1. The van der Waals surface area contributed by atoms with Crippen molar-refractivity contribution in [2.75, 3.05) is 26.4 Å². The van der Waals surface area contributed by atoms with Crippen LogP contribution in [0.5, 0.6) is 11.5 Å². The topological polar surface area (TPSA) is 127 Å². The molecule has 0 spiro atoms. The van der Waals surface area contributed by atoms with Gasteiger partial charge in [0.25, 0.3) is 11.8 Å². The third kappa shape index (κ3) is 6.24. The van der Waals surface area contributed by atoms with Crippen molar-refractivity contribution in [1.29, 1.82) is 0 Å². The molecule has 3 N–H and O–H groups in total. The van der Waals surface area contributed by atoms with Crippen molar-refractivity contribution in [1.82, 2.24) is 25.3 Å². The molecule has 2 saturated heterocycles. The van der Waals surface area contributed by atoms with Gasteiger partial charge in [0.15, 0.2) is 0 Å². The standard InChI is InChI=1S/C32H39N5O6/c1-3-42-30-14-21(32(40)37-24-6-7-25(37)18-41-17-24)5-9-27(30)31(39)34-16-29(38)28-13-20-4-8-26(12-22(20)15-33-28)43-19-23-10-11-35-36(23)2/h4-5,8-12,14,24-25,28-29,33,38H,3,6-7,13,15-19H2,1-2H3,(H,34,39)/t24?,25?,28-,29+/m0/s1. The van der Waals surface area contributed by atoms with Crippen LogP contribution in [0, 0.1) is 0 Å². The summed E-state index contributed by atoms with van der Waals surface area (Å²) in [6.07, 6.45) is 3.46. The van der Waals surface area contributed by atoms with E-state index in [0.29, 0.717) is 56.3 Å². The Morgan fingerprint density at radius 3 is 2.67 bits per heavy atom. The Balaban J connectivity index is 1.05. The van der Waals surface area contributed by atoms with Gasteiger partial charge in [-0.25, -0.2) is 0 Å². The van der Waals surface area contributed by atoms with Gasteiger partial charge in [0.05, 0.1) is 49.3 Å². The maximum atomic E-state index is 13.4. The summed E-state index contributed by atoms with van der Waals surface area (Å²) in [5, 5.41) is 21.4. The van der Waals surface area contributed by atoms with Gasteiger partial charge in [0.1, 0.15) is 18.1 Å². The number of amides is 2. The molecule has 0 saturated carbocycles. The monoisotopic (exact) mass is 589 g/mol. The lowest BCUT2D eigenvalue weighted by atomic mass is 9.92. The maximum Gasteiger partial charge on any atom is 0.255 e. The molecule has 43 heavy (non-hydrogen) atoms. The summed E-state index contributed by atoms with van der Waals surface area (Å²) in [6, 6.07) is 12.9. The van der Waals surface area contributed by atoms with Crippen LogP contribution in [-0.2, 0) is 31.4 Å². The Morgan fingerprint density at radius 1 is 1.12 bits per heavy atom. The summed E-state index contributed by atoms with van der Waals surface area (Å²) in [7, 11) is 1.88. The number of morpholine rings is 1. The summed E-state index contributed by atoms with van der Waals surface area (Å²) in [6.45, 7) is 4.40. The van der Waals surface area contributed by atoms with E-state index in [1.165, 1.54) is 0 Å². The van der Waals surface area contributed by atoms with Crippen LogP contribution in [0.1, 0.15) is 57.3 Å². The highest BCUT2D eigenvalue weighted by Gasteiger charge is 2.40. The Bertz CT molecular complexity index is 1460. The molecular weight excluding hydrogens is 550 g/mol. The van der Waals surface area contributed by atoms with Crippen molar-refractivity contribution in [2.24, 2.45) is 7.05 Å². The fraction of sp³-hybridized carbons (Fsp3) is 0.469. The van der Waals surface area contributed by atoms with Gasteiger partial charge in [0, 0.05) is 37.9 Å². The number of hydrogen-bond donors (Lipinski definition) is 3. The number of aromatic nitrogens is 2. The smallest absolute Gasteiger partial charge is 0.255 e. The zero-order chi connectivity index (χ0) is 29.9. The molecule has 6 rings (SSSR count). The van der Waals surface area contributed by atoms with Crippen molar-refractivity contribution in [2.45, 2.75) is 63.6 Å². The zero-order valence-electron chi connectivity index (χ0n) is 24.6. The van der Waals surface area contributed by atoms with Gasteiger partial charge in [0.2, 0.25) is 0 Å². The lowest BCUT2D eigenvalue weighted by Crippen LogP contribution is -2.49. The number of aryl methyl sites for hydroxylation is 1. The summed E-state index contributed by atoms with van der Waals surface area (Å²) < 4.78 is 19.1. The van der Waals surface area contributed by atoms with E-state index in [0.717, 1.165) is 35.4 Å². The second-order valence-corrected chi connectivity index (χ2v) is 11.4. The lowest BCUT2D eigenvalue weighted by molar-refractivity contribution is -0.00717. The molecule has 3 aromatic rings. The van der Waals surface area contributed by atoms with Gasteiger partial charge in [-0.3, -0.25) is 14.3 Å². The molecule has 2 amide bonds. The quantitative estimate of drug-likeness (QED) is 0.329. The average molecular weight is 590 g/mol. The zero-order valence-corrected chi connectivity index (χ0v) is 24.6. The fourth-order valence-corrected chi connectivity index (χ4v) is 6.24. The lowest BCUT2D eigenvalue weighted by Gasteiger charge is -2.34. The molecule has 4 atom stereocenters. The van der Waals surface area contributed by atoms with Crippen molar-refractivity contribution >= 4 is 11.8 Å². The second kappa shape index (κ2) is 12.7. The minimum absolute atomic E-state index is 0.0603. The first kappa shape index (κ1) is 29.2. The number of aliphatic hydroxyl groups is 1. The van der Waals surface area contributed by atoms with Crippen LogP contribution in [0.2, 0.25) is 0 Å². The molecule has 11 heteroatoms. The molecule has 2 fully saturated rings. The molecule has 0 aliphatic carbocycles. The molecule has 2 aromatic carbocycles. The Morgan fingerprint density at radius 2 is 1.93 bits per heavy atom. The minimum atomic E-state index is -0.800. The number of rotatable bonds is 10. The molecule has 4 heterocycles. The first-order valence-electron chi connectivity index (χ1n) is 15.0. The van der Waals surface area contributed by atoms with Crippen molar-refractivity contribution < 1.29 is 28.9 Å². The predicted molar refractivity (Wildman–Crippen MR) is 158 cm³/mol. The predicted octanol–water partition coefficient (Wildman–Crippen LogP) is 2.21. The van der Waals surface area contributed by atoms with Crippen LogP contribution in [0.4, 0.5) is 0 Å². The number of nitrogens with zero attached hydrogens (tertiary/aromatic N) is 3. The Hall–Kier alpha value is -3.93. The number of nitrogens with one attached hydrogen (secondary N) is 2. The first-order chi connectivity index (χ1) is 20.9. The molecule has 0 radical (unpaired) electrons. The third-order valence-corrected chi connectivity index (χ3v) is 8.67. The van der Waals surface area contributed by atoms with E-state index < -0.39 is 6.10 Å².